The first-order chi connectivity index (χ1) is 7.45. The quantitative estimate of drug-likeness (QED) is 0.832. The summed E-state index contributed by atoms with van der Waals surface area (Å²) < 4.78 is 0. The Labute approximate surface area is 109 Å². The van der Waals surface area contributed by atoms with Crippen LogP contribution in [0, 0.1) is 0 Å². The molecule has 0 aromatic heterocycles. The number of hydrogen-bond acceptors (Lipinski definition) is 2. The summed E-state index contributed by atoms with van der Waals surface area (Å²) in [6.07, 6.45) is 0.561. The van der Waals surface area contributed by atoms with Crippen molar-refractivity contribution in [3.8, 4) is 0 Å². The van der Waals surface area contributed by atoms with Crippen molar-refractivity contribution in [3.05, 3.63) is 27.2 Å². The molecule has 0 aliphatic heterocycles. The minimum atomic E-state index is -0.477. The lowest BCUT2D eigenvalue weighted by Crippen LogP contribution is -2.34. The monoisotopic (exact) mass is 280 g/mol. The van der Waals surface area contributed by atoms with Gasteiger partial charge in [0.1, 0.15) is 6.04 Å². The van der Waals surface area contributed by atoms with Crippen LogP contribution in [0.1, 0.15) is 13.3 Å². The largest absolute Gasteiger partial charge is 0.372 e. The highest BCUT2D eigenvalue weighted by molar-refractivity contribution is 6.44. The number of halogens is 3. The highest BCUT2D eigenvalue weighted by atomic mass is 35.5. The molecule has 1 rings (SSSR count). The molecule has 1 unspecified atom stereocenters. The molecular weight excluding hydrogens is 270 g/mol. The summed E-state index contributed by atoms with van der Waals surface area (Å²) in [6, 6.07) is 2.61. The minimum Gasteiger partial charge on any atom is -0.372 e. The standard InChI is InChI=1S/C10H11Cl3N2O/c1-2-8(10(14)16)15-9-4-6(12)5(11)3-7(9)13/h3-4,8,15H,2H2,1H3,(H2,14,16). The first-order valence-electron chi connectivity index (χ1n) is 4.66. The number of primary amides is 1. The number of amides is 1. The minimum absolute atomic E-state index is 0.365. The topological polar surface area (TPSA) is 55.1 Å². The smallest absolute Gasteiger partial charge is 0.239 e. The normalized spacial score (nSPS) is 12.2. The van der Waals surface area contributed by atoms with Crippen LogP contribution >= 0.6 is 34.8 Å². The molecule has 0 spiro atoms. The molecule has 0 heterocycles. The van der Waals surface area contributed by atoms with Crippen LogP contribution in [-0.4, -0.2) is 11.9 Å². The lowest BCUT2D eigenvalue weighted by atomic mass is 10.2. The lowest BCUT2D eigenvalue weighted by molar-refractivity contribution is -0.118. The molecule has 0 saturated heterocycles. The Hall–Kier alpha value is -0.640. The molecule has 0 saturated carbocycles. The van der Waals surface area contributed by atoms with Crippen molar-refractivity contribution in [2.75, 3.05) is 5.32 Å². The van der Waals surface area contributed by atoms with Gasteiger partial charge in [0.25, 0.3) is 0 Å². The maximum Gasteiger partial charge on any atom is 0.239 e. The third kappa shape index (κ3) is 3.17. The number of carbonyl (C=O) groups excluding carboxylic acids is 1. The van der Waals surface area contributed by atoms with Crippen LogP contribution in [0.3, 0.4) is 0 Å². The summed E-state index contributed by atoms with van der Waals surface area (Å²) in [4.78, 5) is 11.1. The van der Waals surface area contributed by atoms with Gasteiger partial charge in [0.15, 0.2) is 0 Å². The fourth-order valence-corrected chi connectivity index (χ4v) is 1.80. The average Bonchev–Trinajstić information content (AvgIpc) is 2.21. The number of rotatable bonds is 4. The van der Waals surface area contributed by atoms with E-state index in [0.29, 0.717) is 27.2 Å². The third-order valence-electron chi connectivity index (χ3n) is 2.09. The molecule has 16 heavy (non-hydrogen) atoms. The van der Waals surface area contributed by atoms with E-state index in [-0.39, 0.29) is 0 Å². The van der Waals surface area contributed by atoms with Crippen molar-refractivity contribution in [1.29, 1.82) is 0 Å². The second kappa shape index (κ2) is 5.62. The zero-order valence-electron chi connectivity index (χ0n) is 8.56. The van der Waals surface area contributed by atoms with Crippen molar-refractivity contribution in [1.82, 2.24) is 0 Å². The molecular formula is C10H11Cl3N2O. The van der Waals surface area contributed by atoms with E-state index < -0.39 is 11.9 Å². The Morgan fingerprint density at radius 1 is 1.31 bits per heavy atom. The van der Waals surface area contributed by atoms with Gasteiger partial charge in [-0.25, -0.2) is 0 Å². The van der Waals surface area contributed by atoms with Crippen LogP contribution in [0.5, 0.6) is 0 Å². The average molecular weight is 282 g/mol. The number of hydrogen-bond donors (Lipinski definition) is 2. The molecule has 0 radical (unpaired) electrons. The van der Waals surface area contributed by atoms with E-state index in [2.05, 4.69) is 5.32 Å². The van der Waals surface area contributed by atoms with E-state index in [1.54, 1.807) is 6.07 Å². The first kappa shape index (κ1) is 13.4. The van der Waals surface area contributed by atoms with Crippen molar-refractivity contribution in [2.24, 2.45) is 5.73 Å². The van der Waals surface area contributed by atoms with Crippen molar-refractivity contribution in [2.45, 2.75) is 19.4 Å². The van der Waals surface area contributed by atoms with Gasteiger partial charge in [-0.3, -0.25) is 4.79 Å². The summed E-state index contributed by atoms with van der Waals surface area (Å²) >= 11 is 17.6. The van der Waals surface area contributed by atoms with Gasteiger partial charge < -0.3 is 11.1 Å². The van der Waals surface area contributed by atoms with Crippen LogP contribution in [0.4, 0.5) is 5.69 Å². The lowest BCUT2D eigenvalue weighted by Gasteiger charge is -2.16. The molecule has 88 valence electrons. The van der Waals surface area contributed by atoms with Crippen molar-refractivity contribution in [3.63, 3.8) is 0 Å². The molecule has 0 bridgehead atoms. The maximum absolute atomic E-state index is 11.1. The second-order valence-corrected chi connectivity index (χ2v) is 4.48. The summed E-state index contributed by atoms with van der Waals surface area (Å²) in [6.45, 7) is 1.84. The van der Waals surface area contributed by atoms with E-state index in [1.165, 1.54) is 6.07 Å². The predicted molar refractivity (Wildman–Crippen MR) is 68.4 cm³/mol. The Morgan fingerprint density at radius 2 is 1.88 bits per heavy atom. The van der Waals surface area contributed by atoms with Crippen molar-refractivity contribution < 1.29 is 4.79 Å². The molecule has 6 heteroatoms. The Kier molecular flexibility index (Phi) is 4.71. The molecule has 1 aromatic rings. The molecule has 1 atom stereocenters. The van der Waals surface area contributed by atoms with E-state index in [9.17, 15) is 4.79 Å². The zero-order chi connectivity index (χ0) is 12.3. The summed E-state index contributed by atoms with van der Waals surface area (Å²) in [7, 11) is 0. The number of benzene rings is 1. The number of nitrogens with two attached hydrogens (primary N) is 1. The maximum atomic E-state index is 11.1. The van der Waals surface area contributed by atoms with Gasteiger partial charge in [-0.1, -0.05) is 41.7 Å². The summed E-state index contributed by atoms with van der Waals surface area (Å²) in [5.74, 6) is -0.440. The Morgan fingerprint density at radius 3 is 2.38 bits per heavy atom. The summed E-state index contributed by atoms with van der Waals surface area (Å²) in [5, 5.41) is 4.05. The zero-order valence-corrected chi connectivity index (χ0v) is 10.8. The van der Waals surface area contributed by atoms with Crippen LogP contribution in [0.25, 0.3) is 0 Å². The van der Waals surface area contributed by atoms with Crippen LogP contribution in [-0.2, 0) is 4.79 Å². The van der Waals surface area contributed by atoms with Crippen LogP contribution < -0.4 is 11.1 Å². The third-order valence-corrected chi connectivity index (χ3v) is 3.13. The van der Waals surface area contributed by atoms with Gasteiger partial charge in [-0.05, 0) is 18.6 Å². The number of carbonyl (C=O) groups is 1. The van der Waals surface area contributed by atoms with E-state index >= 15 is 0 Å². The molecule has 1 amide bonds. The van der Waals surface area contributed by atoms with Gasteiger partial charge in [0, 0.05) is 0 Å². The van der Waals surface area contributed by atoms with E-state index in [1.807, 2.05) is 6.92 Å². The molecule has 0 fully saturated rings. The number of anilines is 1. The van der Waals surface area contributed by atoms with Gasteiger partial charge in [0.2, 0.25) is 5.91 Å². The van der Waals surface area contributed by atoms with Gasteiger partial charge in [-0.15, -0.1) is 0 Å². The SMILES string of the molecule is CCC(Nc1cc(Cl)c(Cl)cc1Cl)C(N)=O. The highest BCUT2D eigenvalue weighted by Crippen LogP contribution is 2.32. The van der Waals surface area contributed by atoms with Crippen LogP contribution in [0.2, 0.25) is 15.1 Å². The predicted octanol–water partition coefficient (Wildman–Crippen LogP) is 3.32. The fraction of sp³-hybridized carbons (Fsp3) is 0.300. The highest BCUT2D eigenvalue weighted by Gasteiger charge is 2.14. The Balaban J connectivity index is 2.96. The molecule has 0 aliphatic rings. The van der Waals surface area contributed by atoms with E-state index in [0.717, 1.165) is 0 Å². The molecule has 3 nitrogen and oxygen atoms in total. The Bertz CT molecular complexity index is 409. The first-order valence-corrected chi connectivity index (χ1v) is 5.79. The van der Waals surface area contributed by atoms with E-state index in [4.69, 9.17) is 40.5 Å². The fourth-order valence-electron chi connectivity index (χ4n) is 1.20. The van der Waals surface area contributed by atoms with Gasteiger partial charge in [0.05, 0.1) is 20.8 Å². The molecule has 0 aliphatic carbocycles. The van der Waals surface area contributed by atoms with Gasteiger partial charge >= 0.3 is 0 Å². The van der Waals surface area contributed by atoms with Crippen molar-refractivity contribution >= 4 is 46.4 Å². The number of nitrogens with one attached hydrogen (secondary N) is 1. The van der Waals surface area contributed by atoms with Gasteiger partial charge in [-0.2, -0.15) is 0 Å². The molecule has 3 N–H and O–H groups in total. The second-order valence-electron chi connectivity index (χ2n) is 3.25. The van der Waals surface area contributed by atoms with Crippen LogP contribution in [0.15, 0.2) is 12.1 Å². The molecule has 1 aromatic carbocycles. The summed E-state index contributed by atoms with van der Waals surface area (Å²) in [5.41, 5.74) is 5.75.